The molecule has 0 fully saturated rings. The molecule has 9 heteroatoms. The van der Waals surface area contributed by atoms with Crippen LogP contribution in [0.25, 0.3) is 0 Å². The average Bonchev–Trinajstić information content (AvgIpc) is 2.76. The van der Waals surface area contributed by atoms with Crippen molar-refractivity contribution in [1.29, 1.82) is 0 Å². The minimum absolute atomic E-state index is 0. The van der Waals surface area contributed by atoms with Crippen LogP contribution in [-0.2, 0) is 9.53 Å². The van der Waals surface area contributed by atoms with E-state index in [0.29, 0.717) is 12.8 Å². The molecule has 0 aliphatic heterocycles. The maximum atomic E-state index is 11.1. The molecule has 0 heterocycles. The number of rotatable bonds is 3. The van der Waals surface area contributed by atoms with Crippen LogP contribution < -0.4 is 46.8 Å². The van der Waals surface area contributed by atoms with E-state index in [1.54, 1.807) is 0 Å². The predicted molar refractivity (Wildman–Crippen MR) is 130 cm³/mol. The molecule has 7 N–H and O–H groups in total. The molecule has 3 aliphatic carbocycles. The van der Waals surface area contributed by atoms with E-state index >= 15 is 0 Å². The third-order valence-electron chi connectivity index (χ3n) is 5.63. The van der Waals surface area contributed by atoms with Crippen molar-refractivity contribution in [2.75, 3.05) is 19.5 Å². The van der Waals surface area contributed by atoms with Crippen LogP contribution in [0.15, 0.2) is 36.5 Å². The Hall–Kier alpha value is -0.0551. The van der Waals surface area contributed by atoms with Crippen molar-refractivity contribution in [3.05, 3.63) is 36.5 Å². The largest absolute Gasteiger partial charge is 1.00 e. The third kappa shape index (κ3) is 12.1. The Morgan fingerprint density at radius 3 is 1.65 bits per heavy atom. The van der Waals surface area contributed by atoms with Gasteiger partial charge in [0.05, 0.1) is 13.7 Å². The second-order valence-electron chi connectivity index (χ2n) is 8.33. The van der Waals surface area contributed by atoms with E-state index in [2.05, 4.69) is 35.6 Å². The molecular formula is C22H40BN3NaO3S. The number of nitrogens with two attached hydrogens (primary N) is 3. The zero-order chi connectivity index (χ0) is 21.8. The third-order valence-corrected chi connectivity index (χ3v) is 6.26. The fourth-order valence-electron chi connectivity index (χ4n) is 3.35. The van der Waals surface area contributed by atoms with Gasteiger partial charge in [0, 0.05) is 25.2 Å². The van der Waals surface area contributed by atoms with Gasteiger partial charge in [-0.25, -0.2) is 0 Å². The number of esters is 1. The molecule has 3 atom stereocenters. The minimum atomic E-state index is -0.760. The van der Waals surface area contributed by atoms with E-state index in [1.165, 1.54) is 7.11 Å². The Morgan fingerprint density at radius 2 is 1.39 bits per heavy atom. The molecule has 171 valence electrons. The van der Waals surface area contributed by atoms with E-state index in [-0.39, 0.29) is 63.1 Å². The molecule has 3 radical (unpaired) electrons. The first-order chi connectivity index (χ1) is 13.7. The number of carbonyl (C=O) groups excluding carboxylic acids is 1. The maximum absolute atomic E-state index is 11.1. The molecule has 0 amide bonds. The van der Waals surface area contributed by atoms with Gasteiger partial charge in [0.2, 0.25) is 0 Å². The van der Waals surface area contributed by atoms with Crippen LogP contribution in [0.3, 0.4) is 0 Å². The molecule has 0 spiro atoms. The van der Waals surface area contributed by atoms with Crippen molar-refractivity contribution >= 4 is 27.0 Å². The van der Waals surface area contributed by atoms with Gasteiger partial charge in [-0.05, 0) is 57.8 Å². The van der Waals surface area contributed by atoms with Crippen molar-refractivity contribution in [3.8, 4) is 0 Å². The topological polar surface area (TPSA) is 125 Å². The van der Waals surface area contributed by atoms with E-state index in [1.807, 2.05) is 18.2 Å². The Balaban J connectivity index is -0.000000379. The Kier molecular flexibility index (Phi) is 17.7. The predicted octanol–water partition coefficient (Wildman–Crippen LogP) is -0.897. The van der Waals surface area contributed by atoms with E-state index in [0.717, 1.165) is 50.7 Å². The summed E-state index contributed by atoms with van der Waals surface area (Å²) in [5.41, 5.74) is 16.4. The summed E-state index contributed by atoms with van der Waals surface area (Å²) >= 11 is 4.19. The zero-order valence-corrected chi connectivity index (χ0v) is 22.2. The first-order valence-electron chi connectivity index (χ1n) is 10.3. The molecule has 0 bridgehead atoms. The molecule has 3 aliphatic rings. The number of carbonyl (C=O) groups is 1. The van der Waals surface area contributed by atoms with Gasteiger partial charge in [-0.15, -0.1) is 0 Å². The van der Waals surface area contributed by atoms with Gasteiger partial charge in [-0.1, -0.05) is 36.5 Å². The fourth-order valence-corrected chi connectivity index (χ4v) is 3.64. The van der Waals surface area contributed by atoms with Gasteiger partial charge in [0.25, 0.3) is 0 Å². The number of aliphatic hydroxyl groups is 1. The van der Waals surface area contributed by atoms with Crippen LogP contribution in [0.2, 0.25) is 0 Å². The van der Waals surface area contributed by atoms with Crippen molar-refractivity contribution in [2.24, 2.45) is 17.2 Å². The van der Waals surface area contributed by atoms with Crippen LogP contribution in [0.4, 0.5) is 0 Å². The molecule has 0 aromatic rings. The Labute approximate surface area is 219 Å². The van der Waals surface area contributed by atoms with Crippen molar-refractivity contribution in [2.45, 2.75) is 74.4 Å². The Morgan fingerprint density at radius 1 is 0.935 bits per heavy atom. The van der Waals surface area contributed by atoms with Crippen LogP contribution in [0, 0.1) is 0 Å². The molecule has 0 saturated carbocycles. The summed E-state index contributed by atoms with van der Waals surface area (Å²) in [6.45, 7) is 0.108. The van der Waals surface area contributed by atoms with Crippen molar-refractivity contribution < 1.29 is 45.6 Å². The quantitative estimate of drug-likeness (QED) is 0.161. The standard InChI is InChI=1S/C8H13NO2.C7H13NO.C7H13NS.B.Na.H/c1-11-7(10)8(9)5-3-2-4-6-8;2*8-7(6-9)4-2-1-3-5-7;;;/h2-3H,4-6,9H2,1H3;2*1-2,9H,3-6,8H2;;;/q;;;;+1;-1. The van der Waals surface area contributed by atoms with Gasteiger partial charge < -0.3 is 28.5 Å². The number of thiol groups is 1. The number of methoxy groups -OCH3 is 1. The first-order valence-corrected chi connectivity index (χ1v) is 11.0. The monoisotopic (exact) mass is 460 g/mol. The Bertz CT molecular complexity index is 585. The van der Waals surface area contributed by atoms with Crippen LogP contribution in [0.5, 0.6) is 0 Å². The first kappa shape index (κ1) is 33.1. The zero-order valence-electron chi connectivity index (χ0n) is 20.3. The molecule has 6 nitrogen and oxygen atoms in total. The number of aliphatic hydroxyl groups excluding tert-OH is 1. The average molecular weight is 460 g/mol. The van der Waals surface area contributed by atoms with E-state index < -0.39 is 5.54 Å². The molecule has 3 unspecified atom stereocenters. The second kappa shape index (κ2) is 16.5. The van der Waals surface area contributed by atoms with Gasteiger partial charge in [0.1, 0.15) is 5.54 Å². The van der Waals surface area contributed by atoms with Crippen molar-refractivity contribution in [3.63, 3.8) is 0 Å². The SMILES string of the molecule is COC(=O)C1(N)CC=CCC1.NC1(CO)CC=CCC1.NC1(CS)CC=CCC1.[B].[H-].[Na+]. The fraction of sp³-hybridized carbons (Fsp3) is 0.682. The van der Waals surface area contributed by atoms with Gasteiger partial charge >= 0.3 is 35.5 Å². The second-order valence-corrected chi connectivity index (χ2v) is 8.65. The van der Waals surface area contributed by atoms with Crippen molar-refractivity contribution in [1.82, 2.24) is 0 Å². The van der Waals surface area contributed by atoms with Crippen LogP contribution >= 0.6 is 12.6 Å². The molecular weight excluding hydrogens is 420 g/mol. The molecule has 0 aromatic carbocycles. The summed E-state index contributed by atoms with van der Waals surface area (Å²) in [4.78, 5) is 11.1. The maximum Gasteiger partial charge on any atom is 1.00 e. The number of hydrogen-bond acceptors (Lipinski definition) is 7. The molecule has 0 saturated heterocycles. The number of allylic oxidation sites excluding steroid dienone is 3. The summed E-state index contributed by atoms with van der Waals surface area (Å²) in [7, 11) is 1.37. The smallest absolute Gasteiger partial charge is 1.00 e. The molecule has 3 rings (SSSR count). The van der Waals surface area contributed by atoms with Gasteiger partial charge in [-0.3, -0.25) is 4.79 Å². The number of ether oxygens (including phenoxy) is 1. The number of hydrogen-bond donors (Lipinski definition) is 5. The van der Waals surface area contributed by atoms with E-state index in [4.69, 9.17) is 22.3 Å². The summed E-state index contributed by atoms with van der Waals surface area (Å²) in [6, 6.07) is 0. The molecule has 0 aromatic heterocycles. The minimum Gasteiger partial charge on any atom is -1.00 e. The summed E-state index contributed by atoms with van der Waals surface area (Å²) in [5.74, 6) is 0.499. The summed E-state index contributed by atoms with van der Waals surface area (Å²) in [6.07, 6.45) is 20.6. The van der Waals surface area contributed by atoms with E-state index in [9.17, 15) is 4.79 Å². The molecule has 31 heavy (non-hydrogen) atoms. The summed E-state index contributed by atoms with van der Waals surface area (Å²) in [5, 5.41) is 8.79. The normalized spacial score (nSPS) is 30.9. The van der Waals surface area contributed by atoms with Crippen LogP contribution in [-0.4, -0.2) is 55.6 Å². The van der Waals surface area contributed by atoms with Crippen LogP contribution in [0.1, 0.15) is 59.2 Å². The summed E-state index contributed by atoms with van der Waals surface area (Å²) < 4.78 is 4.59. The van der Waals surface area contributed by atoms with Gasteiger partial charge in [0.15, 0.2) is 0 Å². The van der Waals surface area contributed by atoms with Gasteiger partial charge in [-0.2, -0.15) is 12.6 Å².